The number of ether oxygens (including phenoxy) is 1. The van der Waals surface area contributed by atoms with E-state index in [2.05, 4.69) is 10.6 Å². The van der Waals surface area contributed by atoms with Crippen LogP contribution in [0.15, 0.2) is 35.9 Å². The van der Waals surface area contributed by atoms with Gasteiger partial charge in [-0.05, 0) is 44.7 Å². The minimum absolute atomic E-state index is 0.0418. The third-order valence-corrected chi connectivity index (χ3v) is 6.96. The number of esters is 1. The number of benzene rings is 1. The van der Waals surface area contributed by atoms with Gasteiger partial charge in [-0.15, -0.1) is 0 Å². The highest BCUT2D eigenvalue weighted by Crippen LogP contribution is 2.29. The average molecular weight is 516 g/mol. The van der Waals surface area contributed by atoms with E-state index < -0.39 is 28.9 Å². The topological polar surface area (TPSA) is 87.7 Å². The molecule has 0 saturated carbocycles. The number of carbonyl (C=O) groups excluding carboxylic acids is 3. The lowest BCUT2D eigenvalue weighted by Gasteiger charge is -2.40. The number of amides is 2. The number of carbonyl (C=O) groups is 3. The average Bonchev–Trinajstić information content (AvgIpc) is 2.79. The highest BCUT2D eigenvalue weighted by molar-refractivity contribution is 5.92. The molecule has 1 rings (SSSR count). The van der Waals surface area contributed by atoms with Crippen LogP contribution in [0, 0.1) is 18.3 Å². The monoisotopic (exact) mass is 515 g/mol. The Morgan fingerprint density at radius 2 is 1.57 bits per heavy atom. The molecule has 2 N–H and O–H groups in total. The lowest BCUT2D eigenvalue weighted by molar-refractivity contribution is -0.141. The van der Waals surface area contributed by atoms with Crippen molar-refractivity contribution in [3.8, 4) is 0 Å². The van der Waals surface area contributed by atoms with Gasteiger partial charge in [-0.1, -0.05) is 84.4 Å². The van der Waals surface area contributed by atoms with Crippen LogP contribution < -0.4 is 10.6 Å². The van der Waals surface area contributed by atoms with E-state index in [1.165, 1.54) is 0 Å². The molecule has 0 fully saturated rings. The van der Waals surface area contributed by atoms with Crippen molar-refractivity contribution < 1.29 is 19.1 Å². The second-order valence-electron chi connectivity index (χ2n) is 11.9. The van der Waals surface area contributed by atoms with Crippen molar-refractivity contribution in [2.45, 2.75) is 92.8 Å². The Hall–Kier alpha value is -2.67. The van der Waals surface area contributed by atoms with Gasteiger partial charge in [-0.2, -0.15) is 0 Å². The minimum Gasteiger partial charge on any atom is -0.463 e. The first-order chi connectivity index (χ1) is 17.0. The van der Waals surface area contributed by atoms with Gasteiger partial charge in [-0.25, -0.2) is 4.79 Å². The Balaban J connectivity index is 3.30. The van der Waals surface area contributed by atoms with Crippen molar-refractivity contribution in [3.05, 3.63) is 47.0 Å². The van der Waals surface area contributed by atoms with Crippen molar-refractivity contribution in [3.63, 3.8) is 0 Å². The van der Waals surface area contributed by atoms with Crippen molar-refractivity contribution >= 4 is 17.8 Å². The molecule has 0 saturated heterocycles. The minimum atomic E-state index is -0.771. The molecule has 0 spiro atoms. The Morgan fingerprint density at radius 1 is 1.03 bits per heavy atom. The van der Waals surface area contributed by atoms with Crippen LogP contribution in [0.1, 0.15) is 73.4 Å². The number of hydrogen-bond donors (Lipinski definition) is 2. The van der Waals surface area contributed by atoms with E-state index in [1.807, 2.05) is 79.7 Å². The summed E-state index contributed by atoms with van der Waals surface area (Å²) in [5.74, 6) is -0.811. The predicted molar refractivity (Wildman–Crippen MR) is 150 cm³/mol. The number of rotatable bonds is 11. The Bertz CT molecular complexity index is 958. The standard InChI is InChI=1S/C30H49N3O4/c1-13-37-28(36)21(5)18-23(19(2)3)33(12)27(35)25(29(6,7)8)32-26(34)24(31-11)30(9,10)22-16-14-20(4)15-17-22/h14-19,23-25,31H,13H2,1-12H3,(H,32,34)/b21-18+/t23-,24+,25-/m1/s1. The fraction of sp³-hybridized carbons (Fsp3) is 0.633. The Labute approximate surface area is 224 Å². The number of likely N-dealkylation sites (N-methyl/N-ethyl adjacent to an activating group) is 2. The molecule has 7 nitrogen and oxygen atoms in total. The predicted octanol–water partition coefficient (Wildman–Crippen LogP) is 4.38. The first kappa shape index (κ1) is 32.4. The van der Waals surface area contributed by atoms with E-state index in [0.717, 1.165) is 11.1 Å². The molecule has 0 aromatic heterocycles. The summed E-state index contributed by atoms with van der Waals surface area (Å²) in [4.78, 5) is 41.4. The van der Waals surface area contributed by atoms with E-state index in [9.17, 15) is 14.4 Å². The SMILES string of the molecule is CCOC(=O)/C(C)=C/[C@H](C(C)C)N(C)C(=O)[C@@H](NC(=O)[C@H](NC)C(C)(C)c1ccc(C)cc1)C(C)(C)C. The fourth-order valence-electron chi connectivity index (χ4n) is 4.51. The number of nitrogens with zero attached hydrogens (tertiary/aromatic N) is 1. The van der Waals surface area contributed by atoms with Crippen LogP contribution in [-0.4, -0.2) is 61.5 Å². The van der Waals surface area contributed by atoms with Crippen LogP contribution in [0.25, 0.3) is 0 Å². The summed E-state index contributed by atoms with van der Waals surface area (Å²) in [6.07, 6.45) is 1.78. The van der Waals surface area contributed by atoms with Crippen molar-refractivity contribution in [2.24, 2.45) is 11.3 Å². The van der Waals surface area contributed by atoms with Crippen LogP contribution in [-0.2, 0) is 24.5 Å². The molecule has 0 aliphatic rings. The largest absolute Gasteiger partial charge is 0.463 e. The van der Waals surface area contributed by atoms with Gasteiger partial charge in [0.2, 0.25) is 11.8 Å². The summed E-state index contributed by atoms with van der Waals surface area (Å²) in [7, 11) is 3.48. The molecule has 0 aliphatic heterocycles. The van der Waals surface area contributed by atoms with Crippen molar-refractivity contribution in [1.82, 2.24) is 15.5 Å². The summed E-state index contributed by atoms with van der Waals surface area (Å²) in [5, 5.41) is 6.23. The molecule has 37 heavy (non-hydrogen) atoms. The zero-order valence-electron chi connectivity index (χ0n) is 25.0. The van der Waals surface area contributed by atoms with E-state index >= 15 is 0 Å². The molecule has 7 heteroatoms. The molecule has 0 aliphatic carbocycles. The van der Waals surface area contributed by atoms with Gasteiger partial charge in [0, 0.05) is 18.0 Å². The lowest BCUT2D eigenvalue weighted by Crippen LogP contribution is -2.61. The molecule has 0 heterocycles. The molecule has 0 unspecified atom stereocenters. The Morgan fingerprint density at radius 3 is 2.00 bits per heavy atom. The van der Waals surface area contributed by atoms with Gasteiger partial charge >= 0.3 is 5.97 Å². The first-order valence-corrected chi connectivity index (χ1v) is 13.2. The molecule has 1 aromatic carbocycles. The maximum Gasteiger partial charge on any atom is 0.333 e. The van der Waals surface area contributed by atoms with Crippen molar-refractivity contribution in [1.29, 1.82) is 0 Å². The summed E-state index contributed by atoms with van der Waals surface area (Å²) < 4.78 is 5.12. The second kappa shape index (κ2) is 13.2. The molecule has 0 radical (unpaired) electrons. The number of aryl methyl sites for hydroxylation is 1. The maximum atomic E-state index is 13.9. The zero-order valence-corrected chi connectivity index (χ0v) is 25.0. The molecule has 3 atom stereocenters. The van der Waals surface area contributed by atoms with E-state index in [0.29, 0.717) is 5.57 Å². The summed E-state index contributed by atoms with van der Waals surface area (Å²) in [6.45, 7) is 19.6. The zero-order chi connectivity index (χ0) is 28.7. The maximum absolute atomic E-state index is 13.9. The van der Waals surface area contributed by atoms with E-state index in [4.69, 9.17) is 4.74 Å². The summed E-state index contributed by atoms with van der Waals surface area (Å²) in [6, 6.07) is 6.48. The van der Waals surface area contributed by atoms with Gasteiger partial charge in [-0.3, -0.25) is 9.59 Å². The smallest absolute Gasteiger partial charge is 0.333 e. The molecule has 208 valence electrons. The lowest BCUT2D eigenvalue weighted by atomic mass is 9.76. The van der Waals surface area contributed by atoms with Gasteiger partial charge < -0.3 is 20.3 Å². The molecular weight excluding hydrogens is 466 g/mol. The van der Waals surface area contributed by atoms with Crippen LogP contribution in [0.5, 0.6) is 0 Å². The normalized spacial score (nSPS) is 15.1. The van der Waals surface area contributed by atoms with Crippen LogP contribution in [0.4, 0.5) is 0 Å². The number of nitrogens with one attached hydrogen (secondary N) is 2. The third-order valence-electron chi connectivity index (χ3n) is 6.96. The van der Waals surface area contributed by atoms with E-state index in [-0.39, 0.29) is 30.4 Å². The fourth-order valence-corrected chi connectivity index (χ4v) is 4.51. The first-order valence-electron chi connectivity index (χ1n) is 13.2. The van der Waals surface area contributed by atoms with Gasteiger partial charge in [0.25, 0.3) is 0 Å². The summed E-state index contributed by atoms with van der Waals surface area (Å²) >= 11 is 0. The van der Waals surface area contributed by atoms with Gasteiger partial charge in [0.05, 0.1) is 18.7 Å². The van der Waals surface area contributed by atoms with Crippen LogP contribution >= 0.6 is 0 Å². The van der Waals surface area contributed by atoms with Gasteiger partial charge in [0.15, 0.2) is 0 Å². The molecule has 2 amide bonds. The van der Waals surface area contributed by atoms with Crippen LogP contribution in [0.2, 0.25) is 0 Å². The van der Waals surface area contributed by atoms with Gasteiger partial charge in [0.1, 0.15) is 6.04 Å². The number of hydrogen-bond acceptors (Lipinski definition) is 5. The van der Waals surface area contributed by atoms with Crippen LogP contribution in [0.3, 0.4) is 0 Å². The third kappa shape index (κ3) is 8.42. The van der Waals surface area contributed by atoms with E-state index in [1.54, 1.807) is 38.9 Å². The second-order valence-corrected chi connectivity index (χ2v) is 11.9. The quantitative estimate of drug-likeness (QED) is 0.337. The molecular formula is C30H49N3O4. The van der Waals surface area contributed by atoms with Crippen molar-refractivity contribution in [2.75, 3.05) is 20.7 Å². The molecule has 0 bridgehead atoms. The Kier molecular flexibility index (Phi) is 11.6. The highest BCUT2D eigenvalue weighted by atomic mass is 16.5. The highest BCUT2D eigenvalue weighted by Gasteiger charge is 2.41. The molecule has 1 aromatic rings. The summed E-state index contributed by atoms with van der Waals surface area (Å²) in [5.41, 5.74) is 1.56.